The Hall–Kier alpha value is -1.10. The van der Waals surface area contributed by atoms with Crippen molar-refractivity contribution < 1.29 is 9.59 Å². The number of carbonyl (C=O) groups is 2. The van der Waals surface area contributed by atoms with E-state index in [1.807, 2.05) is 0 Å². The Kier molecular flexibility index (Phi) is 16.2. The van der Waals surface area contributed by atoms with E-state index in [1.54, 1.807) is 6.92 Å². The maximum atomic E-state index is 11.3. The number of carbonyl (C=O) groups excluding carboxylic acids is 2. The van der Waals surface area contributed by atoms with Gasteiger partial charge in [0.2, 0.25) is 11.8 Å². The molecule has 0 saturated carbocycles. The molecule has 0 bridgehead atoms. The highest BCUT2D eigenvalue weighted by Gasteiger charge is 2.02. The number of amides is 2. The Labute approximate surface area is 130 Å². The second kappa shape index (κ2) is 15.3. The molecular formula is C16H35N3O2. The summed E-state index contributed by atoms with van der Waals surface area (Å²) >= 11 is 0. The molecule has 0 atom stereocenters. The minimum atomic E-state index is -0.245. The summed E-state index contributed by atoms with van der Waals surface area (Å²) in [7, 11) is 0. The quantitative estimate of drug-likeness (QED) is 0.541. The zero-order valence-corrected chi connectivity index (χ0v) is 14.5. The monoisotopic (exact) mass is 301 g/mol. The summed E-state index contributed by atoms with van der Waals surface area (Å²) in [4.78, 5) is 20.9. The molecule has 5 heteroatoms. The molecule has 0 aliphatic carbocycles. The van der Waals surface area contributed by atoms with E-state index in [9.17, 15) is 9.59 Å². The van der Waals surface area contributed by atoms with Gasteiger partial charge in [0.25, 0.3) is 0 Å². The summed E-state index contributed by atoms with van der Waals surface area (Å²) in [5.41, 5.74) is 4.65. The molecule has 0 aromatic carbocycles. The normalized spacial score (nSPS) is 10.2. The van der Waals surface area contributed by atoms with E-state index in [-0.39, 0.29) is 11.8 Å². The van der Waals surface area contributed by atoms with Crippen LogP contribution in [0.25, 0.3) is 0 Å². The number of hydrogen-bond donors (Lipinski definition) is 3. The van der Waals surface area contributed by atoms with Crippen molar-refractivity contribution in [2.75, 3.05) is 13.1 Å². The molecule has 2 amide bonds. The molecule has 0 heterocycles. The first-order valence-electron chi connectivity index (χ1n) is 8.07. The largest absolute Gasteiger partial charge is 0.370 e. The second-order valence-electron chi connectivity index (χ2n) is 5.94. The van der Waals surface area contributed by atoms with Gasteiger partial charge in [-0.3, -0.25) is 9.59 Å². The van der Waals surface area contributed by atoms with Crippen LogP contribution in [-0.2, 0) is 9.59 Å². The van der Waals surface area contributed by atoms with Crippen molar-refractivity contribution in [2.24, 2.45) is 11.7 Å². The van der Waals surface area contributed by atoms with Gasteiger partial charge in [0, 0.05) is 25.4 Å². The van der Waals surface area contributed by atoms with E-state index in [0.29, 0.717) is 24.8 Å². The van der Waals surface area contributed by atoms with Crippen LogP contribution in [-0.4, -0.2) is 30.9 Å². The molecule has 0 fully saturated rings. The number of rotatable bonds is 10. The van der Waals surface area contributed by atoms with Crippen LogP contribution < -0.4 is 16.4 Å². The third-order valence-corrected chi connectivity index (χ3v) is 2.67. The molecular weight excluding hydrogens is 266 g/mol. The molecule has 0 aliphatic rings. The SMILES string of the molecule is CC(C)CC(=O)NCCCCCNC(C)C.CCC(N)=O. The lowest BCUT2D eigenvalue weighted by molar-refractivity contribution is -0.121. The van der Waals surface area contributed by atoms with Crippen LogP contribution in [0.1, 0.15) is 66.7 Å². The summed E-state index contributed by atoms with van der Waals surface area (Å²) in [5.74, 6) is 0.399. The molecule has 0 spiro atoms. The van der Waals surface area contributed by atoms with Crippen LogP contribution in [0.2, 0.25) is 0 Å². The number of primary amides is 1. The third-order valence-electron chi connectivity index (χ3n) is 2.67. The minimum absolute atomic E-state index is 0.190. The van der Waals surface area contributed by atoms with E-state index in [2.05, 4.69) is 44.1 Å². The van der Waals surface area contributed by atoms with Crippen LogP contribution >= 0.6 is 0 Å². The third kappa shape index (κ3) is 24.3. The molecule has 126 valence electrons. The lowest BCUT2D eigenvalue weighted by atomic mass is 10.1. The Morgan fingerprint density at radius 2 is 1.52 bits per heavy atom. The van der Waals surface area contributed by atoms with Gasteiger partial charge < -0.3 is 16.4 Å². The van der Waals surface area contributed by atoms with Gasteiger partial charge in [-0.1, -0.05) is 41.0 Å². The van der Waals surface area contributed by atoms with Crippen molar-refractivity contribution in [3.8, 4) is 0 Å². The molecule has 0 rings (SSSR count). The van der Waals surface area contributed by atoms with Crippen molar-refractivity contribution in [2.45, 2.75) is 72.8 Å². The zero-order valence-electron chi connectivity index (χ0n) is 14.5. The van der Waals surface area contributed by atoms with Gasteiger partial charge in [-0.2, -0.15) is 0 Å². The van der Waals surface area contributed by atoms with Gasteiger partial charge in [-0.15, -0.1) is 0 Å². The van der Waals surface area contributed by atoms with Crippen molar-refractivity contribution in [1.29, 1.82) is 0 Å². The molecule has 4 N–H and O–H groups in total. The number of nitrogens with two attached hydrogens (primary N) is 1. The van der Waals surface area contributed by atoms with Crippen molar-refractivity contribution in [3.63, 3.8) is 0 Å². The molecule has 0 aromatic rings. The number of nitrogens with one attached hydrogen (secondary N) is 2. The highest BCUT2D eigenvalue weighted by atomic mass is 16.1. The first-order valence-corrected chi connectivity index (χ1v) is 8.07. The van der Waals surface area contributed by atoms with Gasteiger partial charge in [-0.25, -0.2) is 0 Å². The maximum absolute atomic E-state index is 11.3. The fourth-order valence-corrected chi connectivity index (χ4v) is 1.49. The van der Waals surface area contributed by atoms with Crippen LogP contribution in [0.15, 0.2) is 0 Å². The molecule has 0 radical (unpaired) electrons. The first-order chi connectivity index (χ1) is 9.79. The Balaban J connectivity index is 0. The van der Waals surface area contributed by atoms with E-state index in [0.717, 1.165) is 19.5 Å². The molecule has 0 unspecified atom stereocenters. The standard InChI is InChI=1S/C13H28N2O.C3H7NO/c1-11(2)10-13(16)15-9-7-5-6-8-14-12(3)4;1-2-3(4)5/h11-12,14H,5-10H2,1-4H3,(H,15,16);2H2,1H3,(H2,4,5). The fraction of sp³-hybridized carbons (Fsp3) is 0.875. The topological polar surface area (TPSA) is 84.2 Å². The molecule has 0 aromatic heterocycles. The van der Waals surface area contributed by atoms with Gasteiger partial charge >= 0.3 is 0 Å². The average Bonchev–Trinajstić information content (AvgIpc) is 2.37. The van der Waals surface area contributed by atoms with Crippen LogP contribution in [0, 0.1) is 5.92 Å². The van der Waals surface area contributed by atoms with Gasteiger partial charge in [0.05, 0.1) is 0 Å². The van der Waals surface area contributed by atoms with Gasteiger partial charge in [-0.05, 0) is 25.3 Å². The lowest BCUT2D eigenvalue weighted by Crippen LogP contribution is -2.26. The smallest absolute Gasteiger partial charge is 0.220 e. The van der Waals surface area contributed by atoms with Crippen LogP contribution in [0.4, 0.5) is 0 Å². The highest BCUT2D eigenvalue weighted by Crippen LogP contribution is 1.99. The van der Waals surface area contributed by atoms with Crippen molar-refractivity contribution in [3.05, 3.63) is 0 Å². The van der Waals surface area contributed by atoms with E-state index in [1.165, 1.54) is 12.8 Å². The van der Waals surface area contributed by atoms with Crippen LogP contribution in [0.5, 0.6) is 0 Å². The average molecular weight is 301 g/mol. The van der Waals surface area contributed by atoms with E-state index < -0.39 is 0 Å². The molecule has 0 aliphatic heterocycles. The minimum Gasteiger partial charge on any atom is -0.370 e. The zero-order chi connectivity index (χ0) is 16.7. The summed E-state index contributed by atoms with van der Waals surface area (Å²) in [6.07, 6.45) is 4.55. The summed E-state index contributed by atoms with van der Waals surface area (Å²) < 4.78 is 0. The Morgan fingerprint density at radius 3 is 1.95 bits per heavy atom. The van der Waals surface area contributed by atoms with Crippen LogP contribution in [0.3, 0.4) is 0 Å². The van der Waals surface area contributed by atoms with E-state index >= 15 is 0 Å². The number of hydrogen-bond acceptors (Lipinski definition) is 3. The van der Waals surface area contributed by atoms with Gasteiger partial charge in [0.15, 0.2) is 0 Å². The van der Waals surface area contributed by atoms with E-state index in [4.69, 9.17) is 0 Å². The molecule has 0 saturated heterocycles. The molecule has 21 heavy (non-hydrogen) atoms. The summed E-state index contributed by atoms with van der Waals surface area (Å²) in [5, 5.41) is 6.34. The Morgan fingerprint density at radius 1 is 1.00 bits per heavy atom. The maximum Gasteiger partial charge on any atom is 0.220 e. The fourth-order valence-electron chi connectivity index (χ4n) is 1.49. The van der Waals surface area contributed by atoms with Crippen molar-refractivity contribution in [1.82, 2.24) is 10.6 Å². The lowest BCUT2D eigenvalue weighted by Gasteiger charge is -2.08. The van der Waals surface area contributed by atoms with Gasteiger partial charge in [0.1, 0.15) is 0 Å². The summed E-state index contributed by atoms with van der Waals surface area (Å²) in [6.45, 7) is 12.1. The number of unbranched alkanes of at least 4 members (excludes halogenated alkanes) is 2. The highest BCUT2D eigenvalue weighted by molar-refractivity contribution is 5.75. The predicted molar refractivity (Wildman–Crippen MR) is 88.9 cm³/mol. The predicted octanol–water partition coefficient (Wildman–Crippen LogP) is 2.20. The summed E-state index contributed by atoms with van der Waals surface area (Å²) in [6, 6.07) is 0.575. The Bertz CT molecular complexity index is 266. The second-order valence-corrected chi connectivity index (χ2v) is 5.94. The first kappa shape index (κ1) is 22.2. The van der Waals surface area contributed by atoms with Crippen molar-refractivity contribution >= 4 is 11.8 Å². The molecule has 5 nitrogen and oxygen atoms in total.